The van der Waals surface area contributed by atoms with E-state index in [1.165, 1.54) is 9.60 Å². The molecule has 3 amide bonds. The van der Waals surface area contributed by atoms with Crippen molar-refractivity contribution in [3.05, 3.63) is 77.3 Å². The number of benzene rings is 3. The van der Waals surface area contributed by atoms with Gasteiger partial charge in [-0.15, -0.1) is 11.3 Å². The van der Waals surface area contributed by atoms with E-state index in [1.54, 1.807) is 18.3 Å². The fourth-order valence-corrected chi connectivity index (χ4v) is 6.26. The summed E-state index contributed by atoms with van der Waals surface area (Å²) in [5.74, 6) is 0.119. The Balaban J connectivity index is 1.21. The van der Waals surface area contributed by atoms with Gasteiger partial charge in [-0.05, 0) is 60.8 Å². The number of carbonyl (C=O) groups excluding carboxylic acids is 2. The number of likely N-dealkylation sites (tertiary alicyclic amines) is 1. The predicted molar refractivity (Wildman–Crippen MR) is 135 cm³/mol. The normalized spacial score (nSPS) is 23.7. The summed E-state index contributed by atoms with van der Waals surface area (Å²) in [6.07, 6.45) is 2.09. The van der Waals surface area contributed by atoms with Crippen molar-refractivity contribution in [2.24, 2.45) is 0 Å². The molecule has 0 bridgehead atoms. The minimum Gasteiger partial charge on any atom is -0.319 e. The first-order chi connectivity index (χ1) is 16.5. The summed E-state index contributed by atoms with van der Waals surface area (Å²) in [5.41, 5.74) is 0.779. The Labute approximate surface area is 202 Å². The van der Waals surface area contributed by atoms with Crippen molar-refractivity contribution in [2.45, 2.75) is 31.2 Å². The third kappa shape index (κ3) is 3.56. The third-order valence-corrected chi connectivity index (χ3v) is 8.31. The maximum Gasteiger partial charge on any atom is 0.326 e. The maximum atomic E-state index is 13.5. The molecule has 2 atom stereocenters. The van der Waals surface area contributed by atoms with Crippen LogP contribution in [0.5, 0.6) is 0 Å². The molecule has 2 aliphatic rings. The Morgan fingerprint density at radius 3 is 2.71 bits per heavy atom. The van der Waals surface area contributed by atoms with Crippen molar-refractivity contribution in [1.82, 2.24) is 20.1 Å². The number of para-hydroxylation sites is 1. The summed E-state index contributed by atoms with van der Waals surface area (Å²) in [7, 11) is 0. The zero-order valence-electron chi connectivity index (χ0n) is 19.0. The minimum atomic E-state index is -1.07. The second-order valence-electron chi connectivity index (χ2n) is 9.43. The topological polar surface area (TPSA) is 65.5 Å². The number of carbonyl (C=O) groups is 2. The zero-order chi connectivity index (χ0) is 23.3. The number of hydrogen-bond acceptors (Lipinski definition) is 5. The number of imide groups is 1. The van der Waals surface area contributed by atoms with E-state index < -0.39 is 5.54 Å². The van der Waals surface area contributed by atoms with Gasteiger partial charge in [0, 0.05) is 12.5 Å². The molecule has 2 unspecified atom stereocenters. The van der Waals surface area contributed by atoms with Gasteiger partial charge >= 0.3 is 6.03 Å². The standard InChI is InChI=1S/C27H26N4O2S/c1-27(21-13-12-18-7-2-3-8-19(18)15-21)25(32)31(26(33)29-27)17-30-14-6-9-20(16-30)24-28-22-10-4-5-11-23(22)34-24/h2-5,7-8,10-13,15,20H,6,9,14,16-17H2,1H3,(H,29,33). The first-order valence-corrected chi connectivity index (χ1v) is 12.5. The lowest BCUT2D eigenvalue weighted by molar-refractivity contribution is -0.132. The number of aromatic nitrogens is 1. The average Bonchev–Trinajstić information content (AvgIpc) is 3.39. The van der Waals surface area contributed by atoms with Crippen LogP contribution in [0.1, 0.15) is 36.3 Å². The van der Waals surface area contributed by atoms with Crippen molar-refractivity contribution >= 4 is 44.3 Å². The first-order valence-electron chi connectivity index (χ1n) is 11.7. The van der Waals surface area contributed by atoms with E-state index in [0.29, 0.717) is 12.6 Å². The van der Waals surface area contributed by atoms with E-state index in [0.717, 1.165) is 52.8 Å². The highest BCUT2D eigenvalue weighted by molar-refractivity contribution is 7.18. The molecule has 0 spiro atoms. The highest BCUT2D eigenvalue weighted by Gasteiger charge is 2.49. The van der Waals surface area contributed by atoms with Crippen LogP contribution >= 0.6 is 11.3 Å². The molecular weight excluding hydrogens is 444 g/mol. The number of thiazole rings is 1. The maximum absolute atomic E-state index is 13.5. The Morgan fingerprint density at radius 2 is 1.85 bits per heavy atom. The van der Waals surface area contributed by atoms with Crippen LogP contribution in [-0.4, -0.2) is 46.5 Å². The lowest BCUT2D eigenvalue weighted by Gasteiger charge is -2.33. The zero-order valence-corrected chi connectivity index (χ0v) is 19.8. The molecule has 7 heteroatoms. The number of rotatable bonds is 4. The molecule has 1 N–H and O–H groups in total. The molecule has 172 valence electrons. The molecule has 6 nitrogen and oxygen atoms in total. The van der Waals surface area contributed by atoms with Crippen LogP contribution in [0.3, 0.4) is 0 Å². The number of urea groups is 1. The second kappa shape index (κ2) is 8.18. The largest absolute Gasteiger partial charge is 0.326 e. The van der Waals surface area contributed by atoms with Crippen molar-refractivity contribution in [3.63, 3.8) is 0 Å². The quantitative estimate of drug-likeness (QED) is 0.424. The molecule has 34 heavy (non-hydrogen) atoms. The minimum absolute atomic E-state index is 0.199. The summed E-state index contributed by atoms with van der Waals surface area (Å²) in [5, 5.41) is 6.27. The van der Waals surface area contributed by atoms with Gasteiger partial charge in [-0.1, -0.05) is 48.5 Å². The van der Waals surface area contributed by atoms with Crippen LogP contribution in [0.2, 0.25) is 0 Å². The van der Waals surface area contributed by atoms with Gasteiger partial charge < -0.3 is 5.32 Å². The molecule has 2 saturated heterocycles. The highest BCUT2D eigenvalue weighted by atomic mass is 32.1. The number of piperidine rings is 1. The van der Waals surface area contributed by atoms with Crippen LogP contribution in [0.15, 0.2) is 66.7 Å². The predicted octanol–water partition coefficient (Wildman–Crippen LogP) is 5.05. The SMILES string of the molecule is CC1(c2ccc3ccccc3c2)NC(=O)N(CN2CCCC(c3nc4ccccc4s3)C2)C1=O. The molecule has 1 aromatic heterocycles. The summed E-state index contributed by atoms with van der Waals surface area (Å²) in [6.45, 7) is 3.77. The van der Waals surface area contributed by atoms with Crippen molar-refractivity contribution in [2.75, 3.05) is 19.8 Å². The van der Waals surface area contributed by atoms with Crippen LogP contribution in [0, 0.1) is 0 Å². The van der Waals surface area contributed by atoms with Gasteiger partial charge in [0.2, 0.25) is 0 Å². The van der Waals surface area contributed by atoms with Gasteiger partial charge in [-0.3, -0.25) is 9.69 Å². The van der Waals surface area contributed by atoms with Crippen molar-refractivity contribution in [1.29, 1.82) is 0 Å². The second-order valence-corrected chi connectivity index (χ2v) is 10.5. The van der Waals surface area contributed by atoms with Gasteiger partial charge in [-0.2, -0.15) is 0 Å². The Morgan fingerprint density at radius 1 is 1.06 bits per heavy atom. The number of hydrogen-bond donors (Lipinski definition) is 1. The molecule has 0 aliphatic carbocycles. The monoisotopic (exact) mass is 470 g/mol. The van der Waals surface area contributed by atoms with Crippen LogP contribution in [-0.2, 0) is 10.3 Å². The third-order valence-electron chi connectivity index (χ3n) is 7.11. The van der Waals surface area contributed by atoms with Crippen LogP contribution in [0.4, 0.5) is 4.79 Å². The van der Waals surface area contributed by atoms with Crippen LogP contribution < -0.4 is 5.32 Å². The molecule has 2 aliphatic heterocycles. The molecular formula is C27H26N4O2S. The van der Waals surface area contributed by atoms with E-state index >= 15 is 0 Å². The van der Waals surface area contributed by atoms with Gasteiger partial charge in [-0.25, -0.2) is 14.7 Å². The molecule has 0 saturated carbocycles. The van der Waals surface area contributed by atoms with Crippen LogP contribution in [0.25, 0.3) is 21.0 Å². The molecule has 6 rings (SSSR count). The molecule has 3 aromatic carbocycles. The molecule has 0 radical (unpaired) electrons. The molecule has 3 heterocycles. The first kappa shape index (κ1) is 21.3. The van der Waals surface area contributed by atoms with Gasteiger partial charge in [0.1, 0.15) is 5.54 Å². The van der Waals surface area contributed by atoms with E-state index in [9.17, 15) is 9.59 Å². The fraction of sp³-hybridized carbons (Fsp3) is 0.296. The average molecular weight is 471 g/mol. The van der Waals surface area contributed by atoms with E-state index in [2.05, 4.69) is 22.3 Å². The molecule has 4 aromatic rings. The highest BCUT2D eigenvalue weighted by Crippen LogP contribution is 2.35. The smallest absolute Gasteiger partial charge is 0.319 e. The number of nitrogens with zero attached hydrogens (tertiary/aromatic N) is 3. The van der Waals surface area contributed by atoms with Gasteiger partial charge in [0.25, 0.3) is 5.91 Å². The fourth-order valence-electron chi connectivity index (χ4n) is 5.17. The lowest BCUT2D eigenvalue weighted by Crippen LogP contribution is -2.46. The number of amides is 3. The van der Waals surface area contributed by atoms with E-state index in [4.69, 9.17) is 4.98 Å². The lowest BCUT2D eigenvalue weighted by atomic mass is 9.90. The van der Waals surface area contributed by atoms with Gasteiger partial charge in [0.05, 0.1) is 21.9 Å². The van der Waals surface area contributed by atoms with Crippen molar-refractivity contribution in [3.8, 4) is 0 Å². The number of fused-ring (bicyclic) bond motifs is 2. The van der Waals surface area contributed by atoms with E-state index in [-0.39, 0.29) is 11.9 Å². The van der Waals surface area contributed by atoms with Gasteiger partial charge in [0.15, 0.2) is 0 Å². The Kier molecular flexibility index (Phi) is 5.12. The summed E-state index contributed by atoms with van der Waals surface area (Å²) in [4.78, 5) is 34.9. The number of nitrogens with one attached hydrogen (secondary N) is 1. The summed E-state index contributed by atoms with van der Waals surface area (Å²) < 4.78 is 1.20. The summed E-state index contributed by atoms with van der Waals surface area (Å²) in [6, 6.07) is 21.9. The Hall–Kier alpha value is -3.29. The summed E-state index contributed by atoms with van der Waals surface area (Å²) >= 11 is 1.75. The van der Waals surface area contributed by atoms with E-state index in [1.807, 2.05) is 54.6 Å². The molecule has 2 fully saturated rings. The Bertz CT molecular complexity index is 1380. The van der Waals surface area contributed by atoms with Crippen molar-refractivity contribution < 1.29 is 9.59 Å².